The minimum Gasteiger partial charge on any atom is -0.378 e. The Hall–Kier alpha value is -0.650. The van der Waals surface area contributed by atoms with Crippen molar-refractivity contribution in [2.45, 2.75) is 56.8 Å². The van der Waals surface area contributed by atoms with Crippen LogP contribution in [0.2, 0.25) is 0 Å². The van der Waals surface area contributed by atoms with Crippen molar-refractivity contribution in [3.05, 3.63) is 0 Å². The van der Waals surface area contributed by atoms with Crippen molar-refractivity contribution in [3.63, 3.8) is 0 Å². The van der Waals surface area contributed by atoms with E-state index in [1.807, 2.05) is 4.90 Å². The molecule has 0 saturated carbocycles. The smallest absolute Gasteiger partial charge is 0.239 e. The van der Waals surface area contributed by atoms with Crippen LogP contribution in [0.4, 0.5) is 0 Å². The van der Waals surface area contributed by atoms with Gasteiger partial charge in [0.15, 0.2) is 0 Å². The van der Waals surface area contributed by atoms with Crippen LogP contribution in [0.25, 0.3) is 0 Å². The fourth-order valence-corrected chi connectivity index (χ4v) is 3.90. The summed E-state index contributed by atoms with van der Waals surface area (Å²) in [6, 6.07) is 1.88. The summed E-state index contributed by atoms with van der Waals surface area (Å²) in [6.07, 6.45) is 4.99. The van der Waals surface area contributed by atoms with Gasteiger partial charge in [0.2, 0.25) is 5.91 Å². The summed E-state index contributed by atoms with van der Waals surface area (Å²) in [7, 11) is 2.12. The molecule has 3 fully saturated rings. The third-order valence-electron chi connectivity index (χ3n) is 5.32. The van der Waals surface area contributed by atoms with Crippen LogP contribution in [-0.2, 0) is 9.53 Å². The number of carbonyl (C=O) groups is 1. The van der Waals surface area contributed by atoms with Crippen molar-refractivity contribution < 1.29 is 9.53 Å². The molecule has 5 heteroatoms. The first-order valence-corrected chi connectivity index (χ1v) is 7.99. The van der Waals surface area contributed by atoms with E-state index in [0.717, 1.165) is 13.1 Å². The number of fused-ring (bicyclic) bond motifs is 2. The molecule has 1 amide bonds. The molecule has 0 spiro atoms. The topological polar surface area (TPSA) is 44.8 Å². The molecule has 0 aromatic heterocycles. The molecular formula is C15H27N3O2. The number of carbonyl (C=O) groups excluding carboxylic acids is 1. The number of likely N-dealkylation sites (N-methyl/N-ethyl adjacent to an activating group) is 1. The van der Waals surface area contributed by atoms with Crippen LogP contribution >= 0.6 is 0 Å². The van der Waals surface area contributed by atoms with Gasteiger partial charge >= 0.3 is 0 Å². The number of rotatable bonds is 3. The molecule has 5 nitrogen and oxygen atoms in total. The van der Waals surface area contributed by atoms with Gasteiger partial charge in [0.25, 0.3) is 0 Å². The highest BCUT2D eigenvalue weighted by molar-refractivity contribution is 5.81. The van der Waals surface area contributed by atoms with Gasteiger partial charge in [-0.25, -0.2) is 0 Å². The van der Waals surface area contributed by atoms with E-state index in [4.69, 9.17) is 4.74 Å². The Labute approximate surface area is 121 Å². The lowest BCUT2D eigenvalue weighted by atomic mass is 9.97. The molecule has 114 valence electrons. The van der Waals surface area contributed by atoms with Gasteiger partial charge in [-0.3, -0.25) is 9.69 Å². The summed E-state index contributed by atoms with van der Waals surface area (Å²) in [6.45, 7) is 4.91. The maximum absolute atomic E-state index is 12.6. The monoisotopic (exact) mass is 281 g/mol. The van der Waals surface area contributed by atoms with Gasteiger partial charge < -0.3 is 15.0 Å². The summed E-state index contributed by atoms with van der Waals surface area (Å²) >= 11 is 0. The molecule has 0 aromatic carbocycles. The van der Waals surface area contributed by atoms with Crippen molar-refractivity contribution in [2.24, 2.45) is 0 Å². The number of morpholine rings is 1. The molecule has 3 aliphatic rings. The fraction of sp³-hybridized carbons (Fsp3) is 0.933. The van der Waals surface area contributed by atoms with Crippen LogP contribution in [0.15, 0.2) is 0 Å². The quantitative estimate of drug-likeness (QED) is 0.816. The van der Waals surface area contributed by atoms with Gasteiger partial charge in [-0.15, -0.1) is 0 Å². The summed E-state index contributed by atoms with van der Waals surface area (Å²) in [4.78, 5) is 16.8. The van der Waals surface area contributed by atoms with Crippen molar-refractivity contribution in [1.29, 1.82) is 0 Å². The summed E-state index contributed by atoms with van der Waals surface area (Å²) in [5.74, 6) is 0.265. The van der Waals surface area contributed by atoms with Crippen LogP contribution in [0.3, 0.4) is 0 Å². The van der Waals surface area contributed by atoms with Gasteiger partial charge in [0.1, 0.15) is 0 Å². The average molecular weight is 281 g/mol. The molecule has 3 heterocycles. The summed E-state index contributed by atoms with van der Waals surface area (Å²) < 4.78 is 5.33. The lowest BCUT2D eigenvalue weighted by molar-refractivity contribution is -0.141. The number of piperidine rings is 1. The van der Waals surface area contributed by atoms with E-state index in [0.29, 0.717) is 31.3 Å². The van der Waals surface area contributed by atoms with Gasteiger partial charge in [0.05, 0.1) is 19.3 Å². The summed E-state index contributed by atoms with van der Waals surface area (Å²) in [5, 5.41) is 3.67. The first-order valence-electron chi connectivity index (χ1n) is 7.99. The molecule has 3 saturated heterocycles. The van der Waals surface area contributed by atoms with E-state index in [1.54, 1.807) is 0 Å². The molecule has 3 rings (SSSR count). The lowest BCUT2D eigenvalue weighted by Gasteiger charge is -2.40. The van der Waals surface area contributed by atoms with Crippen molar-refractivity contribution in [1.82, 2.24) is 15.1 Å². The second-order valence-electron chi connectivity index (χ2n) is 6.54. The Balaban J connectivity index is 1.58. The van der Waals surface area contributed by atoms with Crippen LogP contribution < -0.4 is 5.32 Å². The molecule has 0 radical (unpaired) electrons. The highest BCUT2D eigenvalue weighted by Gasteiger charge is 2.37. The number of nitrogens with zero attached hydrogens (tertiary/aromatic N) is 2. The number of nitrogens with one attached hydrogen (secondary N) is 1. The number of hydrogen-bond donors (Lipinski definition) is 1. The first kappa shape index (κ1) is 14.3. The Morgan fingerprint density at radius 2 is 1.85 bits per heavy atom. The molecule has 20 heavy (non-hydrogen) atoms. The largest absolute Gasteiger partial charge is 0.378 e. The van der Waals surface area contributed by atoms with E-state index < -0.39 is 0 Å². The SMILES string of the molecule is CC(C(=O)N1CCOCC1)N(C)C1CC2CCC(C1)N2. The normalized spacial score (nSPS) is 35.4. The van der Waals surface area contributed by atoms with E-state index >= 15 is 0 Å². The first-order chi connectivity index (χ1) is 9.65. The highest BCUT2D eigenvalue weighted by atomic mass is 16.5. The predicted molar refractivity (Wildman–Crippen MR) is 77.6 cm³/mol. The molecule has 3 atom stereocenters. The van der Waals surface area contributed by atoms with E-state index in [2.05, 4.69) is 24.2 Å². The maximum atomic E-state index is 12.6. The molecule has 0 aliphatic carbocycles. The van der Waals surface area contributed by atoms with Crippen molar-refractivity contribution >= 4 is 5.91 Å². The summed E-state index contributed by atoms with van der Waals surface area (Å²) in [5.41, 5.74) is 0. The zero-order chi connectivity index (χ0) is 14.1. The van der Waals surface area contributed by atoms with Crippen molar-refractivity contribution in [3.8, 4) is 0 Å². The average Bonchev–Trinajstić information content (AvgIpc) is 2.84. The molecule has 1 N–H and O–H groups in total. The van der Waals surface area contributed by atoms with Gasteiger partial charge in [0, 0.05) is 31.2 Å². The molecule has 0 aromatic rings. The van der Waals surface area contributed by atoms with Gasteiger partial charge in [-0.2, -0.15) is 0 Å². The Kier molecular flexibility index (Phi) is 4.29. The van der Waals surface area contributed by atoms with E-state index in [1.165, 1.54) is 25.7 Å². The number of ether oxygens (including phenoxy) is 1. The second-order valence-corrected chi connectivity index (χ2v) is 6.54. The van der Waals surface area contributed by atoms with Crippen molar-refractivity contribution in [2.75, 3.05) is 33.4 Å². The van der Waals surface area contributed by atoms with Crippen LogP contribution in [0.1, 0.15) is 32.6 Å². The zero-order valence-corrected chi connectivity index (χ0v) is 12.7. The van der Waals surface area contributed by atoms with Gasteiger partial charge in [-0.05, 0) is 39.7 Å². The van der Waals surface area contributed by atoms with Crippen LogP contribution in [-0.4, -0.2) is 73.2 Å². The number of amides is 1. The lowest BCUT2D eigenvalue weighted by Crippen LogP contribution is -2.55. The predicted octanol–water partition coefficient (Wildman–Crippen LogP) is 0.449. The van der Waals surface area contributed by atoms with Gasteiger partial charge in [-0.1, -0.05) is 0 Å². The molecule has 2 bridgehead atoms. The van der Waals surface area contributed by atoms with E-state index in [9.17, 15) is 4.79 Å². The fourth-order valence-electron chi connectivity index (χ4n) is 3.90. The van der Waals surface area contributed by atoms with Crippen LogP contribution in [0, 0.1) is 0 Å². The second kappa shape index (κ2) is 6.00. The molecule has 3 unspecified atom stereocenters. The minimum absolute atomic E-state index is 0.0180. The standard InChI is InChI=1S/C15H27N3O2/c1-11(15(19)18-5-7-20-8-6-18)17(2)14-9-12-3-4-13(10-14)16-12/h11-14,16H,3-10H2,1-2H3. The molecular weight excluding hydrogens is 254 g/mol. The zero-order valence-electron chi connectivity index (χ0n) is 12.7. The highest BCUT2D eigenvalue weighted by Crippen LogP contribution is 2.30. The molecule has 3 aliphatic heterocycles. The Bertz CT molecular complexity index is 345. The maximum Gasteiger partial charge on any atom is 0.239 e. The number of hydrogen-bond acceptors (Lipinski definition) is 4. The third-order valence-corrected chi connectivity index (χ3v) is 5.32. The van der Waals surface area contributed by atoms with Crippen LogP contribution in [0.5, 0.6) is 0 Å². The minimum atomic E-state index is -0.0180. The Morgan fingerprint density at radius 3 is 2.45 bits per heavy atom. The third kappa shape index (κ3) is 2.85. The Morgan fingerprint density at radius 1 is 1.25 bits per heavy atom. The van der Waals surface area contributed by atoms with E-state index in [-0.39, 0.29) is 11.9 Å².